The first-order chi connectivity index (χ1) is 11.1. The Labute approximate surface area is 139 Å². The van der Waals surface area contributed by atoms with Gasteiger partial charge < -0.3 is 10.2 Å². The van der Waals surface area contributed by atoms with E-state index in [0.717, 1.165) is 17.8 Å². The van der Waals surface area contributed by atoms with Crippen molar-refractivity contribution in [1.82, 2.24) is 14.8 Å². The Kier molecular flexibility index (Phi) is 5.13. The van der Waals surface area contributed by atoms with Crippen LogP contribution in [-0.2, 0) is 0 Å². The molecule has 4 nitrogen and oxygen atoms in total. The number of benzene rings is 1. The number of anilines is 1. The minimum absolute atomic E-state index is 0.630. The summed E-state index contributed by atoms with van der Waals surface area (Å²) in [4.78, 5) is 9.63. The Morgan fingerprint density at radius 1 is 1.17 bits per heavy atom. The molecule has 4 heteroatoms. The van der Waals surface area contributed by atoms with Crippen molar-refractivity contribution in [2.75, 3.05) is 45.1 Å². The number of aromatic nitrogens is 1. The van der Waals surface area contributed by atoms with Crippen molar-refractivity contribution < 1.29 is 0 Å². The average molecular weight is 312 g/mol. The van der Waals surface area contributed by atoms with E-state index in [2.05, 4.69) is 65.3 Å². The van der Waals surface area contributed by atoms with Crippen LogP contribution in [0.1, 0.15) is 19.0 Å². The Morgan fingerprint density at radius 3 is 2.70 bits per heavy atom. The van der Waals surface area contributed by atoms with E-state index in [0.29, 0.717) is 6.04 Å². The first-order valence-electron chi connectivity index (χ1n) is 8.66. The molecule has 2 aromatic rings. The van der Waals surface area contributed by atoms with Gasteiger partial charge in [-0.25, -0.2) is 0 Å². The number of aryl methyl sites for hydroxylation is 1. The fourth-order valence-electron chi connectivity index (χ4n) is 3.32. The molecule has 1 aromatic carbocycles. The summed E-state index contributed by atoms with van der Waals surface area (Å²) in [6.07, 6.45) is 1.17. The van der Waals surface area contributed by atoms with E-state index in [9.17, 15) is 0 Å². The molecular weight excluding hydrogens is 284 g/mol. The van der Waals surface area contributed by atoms with Crippen LogP contribution in [0, 0.1) is 6.92 Å². The summed E-state index contributed by atoms with van der Waals surface area (Å²) in [5, 5.41) is 4.84. The van der Waals surface area contributed by atoms with Crippen molar-refractivity contribution in [2.24, 2.45) is 0 Å². The van der Waals surface area contributed by atoms with E-state index in [4.69, 9.17) is 0 Å². The molecule has 23 heavy (non-hydrogen) atoms. The van der Waals surface area contributed by atoms with Gasteiger partial charge in [-0.05, 0) is 39.4 Å². The van der Waals surface area contributed by atoms with Gasteiger partial charge in [0.1, 0.15) is 0 Å². The van der Waals surface area contributed by atoms with Gasteiger partial charge in [0.2, 0.25) is 0 Å². The zero-order valence-corrected chi connectivity index (χ0v) is 14.5. The summed E-state index contributed by atoms with van der Waals surface area (Å²) in [5.41, 5.74) is 3.35. The third-order valence-corrected chi connectivity index (χ3v) is 4.88. The molecule has 0 radical (unpaired) electrons. The zero-order valence-electron chi connectivity index (χ0n) is 14.5. The maximum atomic E-state index is 4.61. The third-order valence-electron chi connectivity index (χ3n) is 4.88. The Bertz CT molecular complexity index is 647. The summed E-state index contributed by atoms with van der Waals surface area (Å²) in [7, 11) is 2.21. The fraction of sp³-hybridized carbons (Fsp3) is 0.526. The number of nitrogens with one attached hydrogen (secondary N) is 1. The molecule has 1 aromatic heterocycles. The lowest BCUT2D eigenvalue weighted by molar-refractivity contribution is 0.116. The van der Waals surface area contributed by atoms with Gasteiger partial charge in [-0.2, -0.15) is 0 Å². The highest BCUT2D eigenvalue weighted by Crippen LogP contribution is 2.23. The van der Waals surface area contributed by atoms with Crippen molar-refractivity contribution in [3.05, 3.63) is 36.0 Å². The summed E-state index contributed by atoms with van der Waals surface area (Å²) in [6.45, 7) is 10.2. The second kappa shape index (κ2) is 7.28. The standard InChI is InChI=1S/C19H28N4/c1-15-14-19(17-6-4-5-7-18(17)21-15)20-9-8-16(2)23-12-10-22(3)11-13-23/h4-7,14,16H,8-13H2,1-3H3,(H,20,21). The first-order valence-corrected chi connectivity index (χ1v) is 8.66. The van der Waals surface area contributed by atoms with E-state index in [-0.39, 0.29) is 0 Å². The highest BCUT2D eigenvalue weighted by Gasteiger charge is 2.18. The summed E-state index contributed by atoms with van der Waals surface area (Å²) >= 11 is 0. The van der Waals surface area contributed by atoms with Gasteiger partial charge in [-0.1, -0.05) is 18.2 Å². The molecule has 1 aliphatic rings. The highest BCUT2D eigenvalue weighted by molar-refractivity contribution is 5.91. The average Bonchev–Trinajstić information content (AvgIpc) is 2.55. The number of nitrogens with zero attached hydrogens (tertiary/aromatic N) is 3. The molecular formula is C19H28N4. The largest absolute Gasteiger partial charge is 0.384 e. The van der Waals surface area contributed by atoms with Gasteiger partial charge >= 0.3 is 0 Å². The van der Waals surface area contributed by atoms with Gasteiger partial charge in [0, 0.05) is 55.5 Å². The Balaban J connectivity index is 1.58. The van der Waals surface area contributed by atoms with Crippen LogP contribution in [0.4, 0.5) is 5.69 Å². The van der Waals surface area contributed by atoms with Crippen molar-refractivity contribution in [3.8, 4) is 0 Å². The van der Waals surface area contributed by atoms with Crippen molar-refractivity contribution in [2.45, 2.75) is 26.3 Å². The summed E-state index contributed by atoms with van der Waals surface area (Å²) in [6, 6.07) is 11.1. The van der Waals surface area contributed by atoms with Crippen molar-refractivity contribution >= 4 is 16.6 Å². The molecule has 1 N–H and O–H groups in total. The van der Waals surface area contributed by atoms with Crippen LogP contribution in [0.15, 0.2) is 30.3 Å². The van der Waals surface area contributed by atoms with Crippen LogP contribution in [0.25, 0.3) is 10.9 Å². The molecule has 0 bridgehead atoms. The molecule has 0 spiro atoms. The molecule has 0 amide bonds. The molecule has 0 aliphatic carbocycles. The third kappa shape index (κ3) is 4.01. The quantitative estimate of drug-likeness (QED) is 0.920. The van der Waals surface area contributed by atoms with Gasteiger partial charge in [-0.3, -0.25) is 9.88 Å². The molecule has 2 heterocycles. The molecule has 3 rings (SSSR count). The van der Waals surface area contributed by atoms with Crippen LogP contribution >= 0.6 is 0 Å². The second-order valence-corrected chi connectivity index (χ2v) is 6.73. The number of pyridine rings is 1. The van der Waals surface area contributed by atoms with Crippen LogP contribution in [-0.4, -0.2) is 60.6 Å². The molecule has 1 aliphatic heterocycles. The maximum Gasteiger partial charge on any atom is 0.0725 e. The number of piperazine rings is 1. The number of para-hydroxylation sites is 1. The lowest BCUT2D eigenvalue weighted by atomic mass is 10.1. The monoisotopic (exact) mass is 312 g/mol. The van der Waals surface area contributed by atoms with E-state index in [1.165, 1.54) is 43.7 Å². The maximum absolute atomic E-state index is 4.61. The van der Waals surface area contributed by atoms with Crippen LogP contribution in [0.5, 0.6) is 0 Å². The molecule has 124 valence electrons. The van der Waals surface area contributed by atoms with Gasteiger partial charge in [0.15, 0.2) is 0 Å². The van der Waals surface area contributed by atoms with Gasteiger partial charge in [-0.15, -0.1) is 0 Å². The molecule has 1 fully saturated rings. The number of hydrogen-bond donors (Lipinski definition) is 1. The number of fused-ring (bicyclic) bond motifs is 1. The zero-order chi connectivity index (χ0) is 16.2. The van der Waals surface area contributed by atoms with Gasteiger partial charge in [0.05, 0.1) is 5.52 Å². The summed E-state index contributed by atoms with van der Waals surface area (Å²) < 4.78 is 0. The number of likely N-dealkylation sites (N-methyl/N-ethyl adjacent to an activating group) is 1. The van der Waals surface area contributed by atoms with Crippen molar-refractivity contribution in [3.63, 3.8) is 0 Å². The Hall–Kier alpha value is -1.65. The topological polar surface area (TPSA) is 31.4 Å². The van der Waals surface area contributed by atoms with E-state index in [1.54, 1.807) is 0 Å². The van der Waals surface area contributed by atoms with Crippen LogP contribution in [0.3, 0.4) is 0 Å². The number of rotatable bonds is 5. The summed E-state index contributed by atoms with van der Waals surface area (Å²) in [5.74, 6) is 0. The van der Waals surface area contributed by atoms with E-state index in [1.807, 2.05) is 6.07 Å². The lowest BCUT2D eigenvalue weighted by Gasteiger charge is -2.36. The highest BCUT2D eigenvalue weighted by atomic mass is 15.3. The SMILES string of the molecule is Cc1cc(NCCC(C)N2CCN(C)CC2)c2ccccc2n1. The normalized spacial score (nSPS) is 18.2. The predicted octanol–water partition coefficient (Wildman–Crippen LogP) is 2.98. The molecule has 1 unspecified atom stereocenters. The molecule has 0 saturated carbocycles. The molecule has 1 saturated heterocycles. The van der Waals surface area contributed by atoms with E-state index < -0.39 is 0 Å². The minimum atomic E-state index is 0.630. The first kappa shape index (κ1) is 16.2. The lowest BCUT2D eigenvalue weighted by Crippen LogP contribution is -2.48. The fourth-order valence-corrected chi connectivity index (χ4v) is 3.32. The van der Waals surface area contributed by atoms with Crippen LogP contribution in [0.2, 0.25) is 0 Å². The Morgan fingerprint density at radius 2 is 1.91 bits per heavy atom. The van der Waals surface area contributed by atoms with E-state index >= 15 is 0 Å². The smallest absolute Gasteiger partial charge is 0.0725 e. The second-order valence-electron chi connectivity index (χ2n) is 6.73. The minimum Gasteiger partial charge on any atom is -0.384 e. The van der Waals surface area contributed by atoms with Gasteiger partial charge in [0.25, 0.3) is 0 Å². The van der Waals surface area contributed by atoms with Crippen molar-refractivity contribution in [1.29, 1.82) is 0 Å². The molecule has 1 atom stereocenters. The van der Waals surface area contributed by atoms with Crippen LogP contribution < -0.4 is 5.32 Å². The number of hydrogen-bond acceptors (Lipinski definition) is 4. The predicted molar refractivity (Wildman–Crippen MR) is 98.1 cm³/mol.